The second-order valence-corrected chi connectivity index (χ2v) is 33.6. The number of ether oxygens (including phenoxy) is 4. The topological polar surface area (TPSA) is 380 Å². The third kappa shape index (κ3) is 18.7. The van der Waals surface area contributed by atoms with Gasteiger partial charge in [0.1, 0.15) is 52.9 Å². The van der Waals surface area contributed by atoms with Gasteiger partial charge in [-0.3, -0.25) is 47.8 Å². The third-order valence-electron chi connectivity index (χ3n) is 19.6. The van der Waals surface area contributed by atoms with Gasteiger partial charge in [-0.05, 0) is 146 Å². The minimum atomic E-state index is -3.87. The van der Waals surface area contributed by atoms with Gasteiger partial charge >= 0.3 is 5.97 Å². The number of likely N-dealkylation sites (tertiary alicyclic amines) is 2. The zero-order valence-corrected chi connectivity index (χ0v) is 61.3. The molecule has 27 nitrogen and oxygen atoms in total. The molecule has 2 aromatic heterocycles. The van der Waals surface area contributed by atoms with Crippen molar-refractivity contribution in [2.45, 2.75) is 189 Å². The number of nitrogens with zero attached hydrogens (tertiary/aromatic N) is 4. The summed E-state index contributed by atoms with van der Waals surface area (Å²) in [7, 11) is -4.55. The van der Waals surface area contributed by atoms with E-state index in [4.69, 9.17) is 29.8 Å². The van der Waals surface area contributed by atoms with E-state index in [2.05, 4.69) is 48.5 Å². The van der Waals surface area contributed by atoms with E-state index in [1.165, 1.54) is 22.0 Å². The van der Waals surface area contributed by atoms with Gasteiger partial charge in [-0.2, -0.15) is 0 Å². The van der Waals surface area contributed by atoms with Crippen molar-refractivity contribution in [3.63, 3.8) is 0 Å². The summed E-state index contributed by atoms with van der Waals surface area (Å²) in [5.74, 6) is -2.73. The number of amides is 7. The highest BCUT2D eigenvalue weighted by Crippen LogP contribution is 2.47. The molecule has 2 saturated heterocycles. The SMILES string of the molecule is C=C[C@@H]1C[C@]1(NC(=O)[C@@H]1C[C@@H](Oc2nccc3cc(OC)ccc23)CN1C(=O)[C@@H](N)C(C)(C)C)C(=O)NS(=O)(=O)C1CC1.C=C[C@@H]1C[C@]1(NC(=O)[C@@H]1C[C@@H](Oc2nccc3cc(OC)ccc23)CN1C(=O)[C@@H](NC(=O)CC1CC1)C(C)(C)C)C(=O)NS(=O)(=O)C1CC1.Cl.Cl.O=C(O)CC1CC1. The van der Waals surface area contributed by atoms with E-state index >= 15 is 0 Å². The number of halogens is 2. The number of fused-ring (bicyclic) bond motifs is 2. The number of pyridine rings is 2. The summed E-state index contributed by atoms with van der Waals surface area (Å²) in [5, 5.41) is 18.5. The van der Waals surface area contributed by atoms with E-state index in [-0.39, 0.29) is 69.5 Å². The molecule has 552 valence electrons. The van der Waals surface area contributed by atoms with Crippen LogP contribution in [0, 0.1) is 34.5 Å². The first-order valence-corrected chi connectivity index (χ1v) is 36.8. The Hall–Kier alpha value is -7.86. The first-order valence-electron chi connectivity index (χ1n) is 33.7. The number of methoxy groups -OCH3 is 2. The Morgan fingerprint density at radius 3 is 1.37 bits per heavy atom. The molecule has 4 heterocycles. The lowest BCUT2D eigenvalue weighted by Crippen LogP contribution is -2.60. The summed E-state index contributed by atoms with van der Waals surface area (Å²) >= 11 is 0. The highest BCUT2D eigenvalue weighted by molar-refractivity contribution is 7.91. The number of carboxylic acid groups (broad SMARTS) is 1. The van der Waals surface area contributed by atoms with Crippen LogP contribution in [0.15, 0.2) is 86.2 Å². The Balaban J connectivity index is 0.000000231. The number of carboxylic acids is 1. The lowest BCUT2D eigenvalue weighted by molar-refractivity contribution is -0.144. The van der Waals surface area contributed by atoms with Gasteiger partial charge in [0, 0.05) is 60.7 Å². The number of carbonyl (C=O) groups is 8. The van der Waals surface area contributed by atoms with E-state index < -0.39 is 142 Å². The fraction of sp³-hybridized carbons (Fsp3) is 0.571. The van der Waals surface area contributed by atoms with E-state index in [1.807, 2.05) is 77.9 Å². The molecular weight excluding hydrogens is 1390 g/mol. The van der Waals surface area contributed by atoms with E-state index in [0.717, 1.165) is 41.8 Å². The number of hydrogen-bond acceptors (Lipinski definition) is 19. The number of nitrogens with two attached hydrogens (primary N) is 1. The van der Waals surface area contributed by atoms with Crippen molar-refractivity contribution < 1.29 is 79.2 Å². The summed E-state index contributed by atoms with van der Waals surface area (Å²) in [6, 6.07) is 10.6. The summed E-state index contributed by atoms with van der Waals surface area (Å²) in [5.41, 5.74) is 2.06. The van der Waals surface area contributed by atoms with Crippen molar-refractivity contribution in [3.8, 4) is 23.3 Å². The molecule has 12 rings (SSSR count). The summed E-state index contributed by atoms with van der Waals surface area (Å²) < 4.78 is 77.9. The second kappa shape index (κ2) is 31.0. The van der Waals surface area contributed by atoms with E-state index in [1.54, 1.807) is 38.7 Å². The maximum absolute atomic E-state index is 14.4. The van der Waals surface area contributed by atoms with Crippen LogP contribution in [0.5, 0.6) is 23.3 Å². The molecule has 2 aliphatic heterocycles. The van der Waals surface area contributed by atoms with Gasteiger partial charge in [-0.1, -0.05) is 53.7 Å². The second-order valence-electron chi connectivity index (χ2n) is 29.6. The number of carbonyl (C=O) groups excluding carboxylic acids is 7. The molecule has 101 heavy (non-hydrogen) atoms. The Morgan fingerprint density at radius 2 is 1.03 bits per heavy atom. The fourth-order valence-electron chi connectivity index (χ4n) is 12.5. The molecule has 0 unspecified atom stereocenters. The zero-order valence-electron chi connectivity index (χ0n) is 58.1. The van der Waals surface area contributed by atoms with Gasteiger partial charge in [-0.25, -0.2) is 26.8 Å². The maximum Gasteiger partial charge on any atom is 0.303 e. The first-order chi connectivity index (χ1) is 46.6. The molecule has 2 aromatic carbocycles. The number of aromatic nitrogens is 2. The van der Waals surface area contributed by atoms with Gasteiger partial charge in [0.15, 0.2) is 0 Å². The van der Waals surface area contributed by atoms with Crippen LogP contribution < -0.4 is 50.1 Å². The zero-order chi connectivity index (χ0) is 71.9. The minimum Gasteiger partial charge on any atom is -0.497 e. The molecular formula is C70H94Cl2N10O17S2. The van der Waals surface area contributed by atoms with Crippen LogP contribution in [0.25, 0.3) is 21.5 Å². The smallest absolute Gasteiger partial charge is 0.303 e. The number of aliphatic carboxylic acids is 1. The predicted molar refractivity (Wildman–Crippen MR) is 380 cm³/mol. The monoisotopic (exact) mass is 1480 g/mol. The molecule has 8 N–H and O–H groups in total. The Labute approximate surface area is 601 Å². The molecule has 8 aliphatic rings. The molecule has 31 heteroatoms. The van der Waals surface area contributed by atoms with Gasteiger partial charge in [-0.15, -0.1) is 38.0 Å². The van der Waals surface area contributed by atoms with Gasteiger partial charge < -0.3 is 55.5 Å². The van der Waals surface area contributed by atoms with Gasteiger partial charge in [0.2, 0.25) is 61.3 Å². The summed E-state index contributed by atoms with van der Waals surface area (Å²) in [4.78, 5) is 117. The number of benzene rings is 2. The lowest BCUT2D eigenvalue weighted by atomic mass is 9.85. The molecule has 10 atom stereocenters. The minimum absolute atomic E-state index is 0. The van der Waals surface area contributed by atoms with Crippen LogP contribution in [-0.2, 0) is 58.4 Å². The molecule has 0 bridgehead atoms. The molecule has 6 aliphatic carbocycles. The number of hydrogen-bond donors (Lipinski definition) is 7. The van der Waals surface area contributed by atoms with E-state index in [9.17, 15) is 55.2 Å². The van der Waals surface area contributed by atoms with Crippen LogP contribution in [0.4, 0.5) is 0 Å². The number of rotatable bonds is 25. The van der Waals surface area contributed by atoms with Crippen molar-refractivity contribution >= 4 is 114 Å². The molecule has 0 spiro atoms. The van der Waals surface area contributed by atoms with Crippen LogP contribution in [0.2, 0.25) is 0 Å². The van der Waals surface area contributed by atoms with Crippen LogP contribution >= 0.6 is 24.8 Å². The van der Waals surface area contributed by atoms with Crippen LogP contribution in [-0.4, -0.2) is 174 Å². The molecule has 8 fully saturated rings. The largest absolute Gasteiger partial charge is 0.497 e. The molecule has 0 radical (unpaired) electrons. The van der Waals surface area contributed by atoms with Crippen molar-refractivity contribution in [1.82, 2.24) is 45.2 Å². The van der Waals surface area contributed by atoms with Crippen molar-refractivity contribution in [3.05, 3.63) is 86.2 Å². The van der Waals surface area contributed by atoms with E-state index in [0.29, 0.717) is 79.0 Å². The first kappa shape index (κ1) is 78.9. The highest BCUT2D eigenvalue weighted by atomic mass is 35.5. The quantitative estimate of drug-likeness (QED) is 0.0377. The van der Waals surface area contributed by atoms with Gasteiger partial charge in [0.25, 0.3) is 11.8 Å². The van der Waals surface area contributed by atoms with Crippen LogP contribution in [0.1, 0.15) is 131 Å². The average Bonchev–Trinajstić information content (AvgIpc) is 1.58. The van der Waals surface area contributed by atoms with Crippen molar-refractivity contribution in [2.24, 2.45) is 40.2 Å². The predicted octanol–water partition coefficient (Wildman–Crippen LogP) is 5.94. The fourth-order valence-corrected chi connectivity index (χ4v) is 15.3. The lowest BCUT2D eigenvalue weighted by Gasteiger charge is -2.35. The molecule has 6 saturated carbocycles. The highest BCUT2D eigenvalue weighted by Gasteiger charge is 2.64. The standard InChI is InChI=1S/C35H45N5O8S.C30H39N5O7S.C5H8O2.2ClH/c1-6-22-18-35(22,33(44)39-49(45,46)25-10-11-25)38-30(42)27-17-24(48-31-26-12-9-23(47-5)16-21(26)13-14-36-31)19-40(27)32(43)29(34(2,3)4)37-28(41)15-20-7-8-20;1-6-18-15-30(18,28(38)34-43(39,40)21-8-9-21)33-25(36)23-14-20(16-35(23)27(37)24(31)29(2,3)4)42-26-22-10-7-19(41-5)13-17(22)11-12-32-26;6-5(7)3-4-1-2-4;;/h6,9,12-14,16,20,22,24-25,27,29H,1,7-8,10-11,15,17-19H2,2-5H3,(H,37,41)(H,38,42)(H,39,44);6-7,10-13,18,20-21,23-24H,1,8-9,14-16,31H2,2-5H3,(H,33,36)(H,34,38);4H,1-3H2,(H,6,7);2*1H/t22-,24-,27+,29-,35-;18-,20-,23+,24-,30-;;;/m11.../s1. The van der Waals surface area contributed by atoms with Crippen LogP contribution in [0.3, 0.4) is 0 Å². The Morgan fingerprint density at radius 1 is 0.624 bits per heavy atom. The van der Waals surface area contributed by atoms with Crippen molar-refractivity contribution in [1.29, 1.82) is 0 Å². The number of sulfonamides is 2. The molecule has 7 amide bonds. The van der Waals surface area contributed by atoms with Gasteiger partial charge in [0.05, 0.1) is 43.9 Å². The molecule has 4 aromatic rings. The third-order valence-corrected chi connectivity index (χ3v) is 23.2. The number of nitrogens with one attached hydrogen (secondary N) is 5. The summed E-state index contributed by atoms with van der Waals surface area (Å²) in [6.07, 6.45) is 12.4. The average molecular weight is 1480 g/mol. The normalized spacial score (nSPS) is 24.8. The summed E-state index contributed by atoms with van der Waals surface area (Å²) in [6.45, 7) is 18.6. The Bertz CT molecular complexity index is 4080. The van der Waals surface area contributed by atoms with Crippen molar-refractivity contribution in [2.75, 3.05) is 27.3 Å². The maximum atomic E-state index is 14.4. The Kier molecular flexibility index (Phi) is 24.2.